The third-order valence-corrected chi connectivity index (χ3v) is 6.43. The maximum atomic E-state index is 12.0. The molecule has 0 aliphatic carbocycles. The van der Waals surface area contributed by atoms with E-state index >= 15 is 0 Å². The molecule has 1 fully saturated rings. The lowest BCUT2D eigenvalue weighted by atomic mass is 10.1. The highest BCUT2D eigenvalue weighted by Crippen LogP contribution is 2.31. The van der Waals surface area contributed by atoms with Gasteiger partial charge in [-0.05, 0) is 24.6 Å². The monoisotopic (exact) mass is 437 g/mol. The van der Waals surface area contributed by atoms with Crippen LogP contribution in [0.4, 0.5) is 5.69 Å². The minimum Gasteiger partial charge on any atom is -0.495 e. The first kappa shape index (κ1) is 21.3. The summed E-state index contributed by atoms with van der Waals surface area (Å²) in [5.41, 5.74) is 3.75. The van der Waals surface area contributed by atoms with E-state index in [2.05, 4.69) is 27.3 Å². The van der Waals surface area contributed by atoms with Gasteiger partial charge < -0.3 is 14.4 Å². The zero-order valence-electron chi connectivity index (χ0n) is 17.9. The minimum absolute atomic E-state index is 0.335. The lowest BCUT2D eigenvalue weighted by Gasteiger charge is -2.25. The van der Waals surface area contributed by atoms with Crippen LogP contribution in [0.2, 0.25) is 0 Å². The number of aromatic nitrogens is 1. The maximum absolute atomic E-state index is 12.0. The number of rotatable bonds is 6. The van der Waals surface area contributed by atoms with Gasteiger partial charge >= 0.3 is 5.97 Å². The molecule has 31 heavy (non-hydrogen) atoms. The number of hydrogen-bond acceptors (Lipinski definition) is 7. The Morgan fingerprint density at radius 3 is 2.68 bits per heavy atom. The summed E-state index contributed by atoms with van der Waals surface area (Å²) in [6.07, 6.45) is 1.03. The van der Waals surface area contributed by atoms with Crippen molar-refractivity contribution in [2.24, 2.45) is 0 Å². The number of methoxy groups -OCH3 is 2. The summed E-state index contributed by atoms with van der Waals surface area (Å²) in [5, 5.41) is 3.23. The zero-order valence-corrected chi connectivity index (χ0v) is 18.7. The van der Waals surface area contributed by atoms with Crippen LogP contribution in [-0.2, 0) is 11.3 Å². The van der Waals surface area contributed by atoms with Crippen LogP contribution in [0.3, 0.4) is 0 Å². The first-order valence-corrected chi connectivity index (χ1v) is 11.3. The number of nitrogens with zero attached hydrogens (tertiary/aromatic N) is 3. The third kappa shape index (κ3) is 5.06. The van der Waals surface area contributed by atoms with E-state index < -0.39 is 0 Å². The third-order valence-electron chi connectivity index (χ3n) is 5.49. The van der Waals surface area contributed by atoms with Crippen molar-refractivity contribution in [1.82, 2.24) is 9.88 Å². The number of carbonyl (C=O) groups is 1. The molecule has 0 N–H and O–H groups in total. The molecule has 1 aromatic heterocycles. The molecule has 2 aromatic carbocycles. The summed E-state index contributed by atoms with van der Waals surface area (Å²) in [7, 11) is 3.06. The SMILES string of the molecule is COC(=O)c1ccc(OC)c(N2CCCN(Cc3csc(-c4ccccc4)n3)CC2)c1. The summed E-state index contributed by atoms with van der Waals surface area (Å²) < 4.78 is 10.4. The Bertz CT molecular complexity index is 1020. The Labute approximate surface area is 187 Å². The van der Waals surface area contributed by atoms with E-state index in [4.69, 9.17) is 14.5 Å². The van der Waals surface area contributed by atoms with Gasteiger partial charge in [-0.15, -0.1) is 11.3 Å². The van der Waals surface area contributed by atoms with Gasteiger partial charge in [-0.3, -0.25) is 4.90 Å². The minimum atomic E-state index is -0.335. The molecule has 0 unspecified atom stereocenters. The molecule has 0 saturated carbocycles. The predicted octanol–water partition coefficient (Wildman–Crippen LogP) is 4.32. The number of anilines is 1. The molecule has 6 nitrogen and oxygen atoms in total. The van der Waals surface area contributed by atoms with Crippen molar-refractivity contribution < 1.29 is 14.3 Å². The first-order valence-electron chi connectivity index (χ1n) is 10.4. The van der Waals surface area contributed by atoms with Crippen molar-refractivity contribution in [3.8, 4) is 16.3 Å². The predicted molar refractivity (Wildman–Crippen MR) is 124 cm³/mol. The van der Waals surface area contributed by atoms with Gasteiger partial charge in [0.25, 0.3) is 0 Å². The highest BCUT2D eigenvalue weighted by molar-refractivity contribution is 7.13. The normalized spacial score (nSPS) is 14.8. The second-order valence-electron chi connectivity index (χ2n) is 7.50. The van der Waals surface area contributed by atoms with Crippen LogP contribution in [0.25, 0.3) is 10.6 Å². The van der Waals surface area contributed by atoms with Crippen LogP contribution in [0.1, 0.15) is 22.5 Å². The number of hydrogen-bond donors (Lipinski definition) is 0. The summed E-state index contributed by atoms with van der Waals surface area (Å²) in [6.45, 7) is 4.54. The van der Waals surface area contributed by atoms with Crippen LogP contribution in [0.15, 0.2) is 53.9 Å². The largest absolute Gasteiger partial charge is 0.495 e. The fourth-order valence-corrected chi connectivity index (χ4v) is 4.69. The Morgan fingerprint density at radius 2 is 1.90 bits per heavy atom. The molecule has 3 aromatic rings. The maximum Gasteiger partial charge on any atom is 0.337 e. The van der Waals surface area contributed by atoms with Gasteiger partial charge in [-0.1, -0.05) is 30.3 Å². The molecule has 162 valence electrons. The fourth-order valence-electron chi connectivity index (χ4n) is 3.87. The standard InChI is InChI=1S/C24H27N3O3S/c1-29-22-10-9-19(24(28)30-2)15-21(22)27-12-6-11-26(13-14-27)16-20-17-31-23(25-20)18-7-4-3-5-8-18/h3-5,7-10,15,17H,6,11-14,16H2,1-2H3. The Kier molecular flexibility index (Phi) is 6.84. The first-order chi connectivity index (χ1) is 15.2. The van der Waals surface area contributed by atoms with Gasteiger partial charge in [-0.2, -0.15) is 0 Å². The average Bonchev–Trinajstić information content (AvgIpc) is 3.16. The van der Waals surface area contributed by atoms with Gasteiger partial charge in [0.2, 0.25) is 0 Å². The van der Waals surface area contributed by atoms with E-state index in [1.54, 1.807) is 24.5 Å². The molecule has 4 rings (SSSR count). The molecule has 1 aliphatic heterocycles. The molecule has 0 atom stereocenters. The smallest absolute Gasteiger partial charge is 0.337 e. The fraction of sp³-hybridized carbons (Fsp3) is 0.333. The van der Waals surface area contributed by atoms with Crippen molar-refractivity contribution in [2.45, 2.75) is 13.0 Å². The zero-order chi connectivity index (χ0) is 21.6. The van der Waals surface area contributed by atoms with E-state index in [0.29, 0.717) is 5.56 Å². The second kappa shape index (κ2) is 9.94. The molecule has 1 saturated heterocycles. The summed E-state index contributed by atoms with van der Waals surface area (Å²) >= 11 is 1.70. The van der Waals surface area contributed by atoms with E-state index in [-0.39, 0.29) is 5.97 Å². The number of thiazole rings is 1. The van der Waals surface area contributed by atoms with Gasteiger partial charge in [0, 0.05) is 43.7 Å². The van der Waals surface area contributed by atoms with Crippen LogP contribution in [0.5, 0.6) is 5.75 Å². The van der Waals surface area contributed by atoms with Crippen LogP contribution in [-0.4, -0.2) is 56.3 Å². The molecule has 2 heterocycles. The Hall–Kier alpha value is -2.90. The summed E-state index contributed by atoms with van der Waals surface area (Å²) in [6, 6.07) is 15.8. The quantitative estimate of drug-likeness (QED) is 0.536. The van der Waals surface area contributed by atoms with Crippen molar-refractivity contribution in [3.05, 3.63) is 65.2 Å². The number of esters is 1. The Morgan fingerprint density at radius 1 is 1.06 bits per heavy atom. The molecular weight excluding hydrogens is 410 g/mol. The van der Waals surface area contributed by atoms with Crippen molar-refractivity contribution in [3.63, 3.8) is 0 Å². The molecule has 7 heteroatoms. The van der Waals surface area contributed by atoms with E-state index in [9.17, 15) is 4.79 Å². The summed E-state index contributed by atoms with van der Waals surface area (Å²) in [5.74, 6) is 0.436. The number of ether oxygens (including phenoxy) is 2. The van der Waals surface area contributed by atoms with Gasteiger partial charge in [0.1, 0.15) is 10.8 Å². The van der Waals surface area contributed by atoms with Crippen LogP contribution >= 0.6 is 11.3 Å². The van der Waals surface area contributed by atoms with Gasteiger partial charge in [-0.25, -0.2) is 9.78 Å². The lowest BCUT2D eigenvalue weighted by molar-refractivity contribution is 0.0600. The van der Waals surface area contributed by atoms with Gasteiger partial charge in [0.15, 0.2) is 0 Å². The molecule has 0 amide bonds. The molecule has 0 bridgehead atoms. The second-order valence-corrected chi connectivity index (χ2v) is 8.36. The van der Waals surface area contributed by atoms with E-state index in [1.165, 1.54) is 12.7 Å². The highest BCUT2D eigenvalue weighted by Gasteiger charge is 2.20. The number of carbonyl (C=O) groups excluding carboxylic acids is 1. The van der Waals surface area contributed by atoms with Crippen molar-refractivity contribution >= 4 is 23.0 Å². The molecule has 0 radical (unpaired) electrons. The van der Waals surface area contributed by atoms with Crippen LogP contribution < -0.4 is 9.64 Å². The lowest BCUT2D eigenvalue weighted by Crippen LogP contribution is -2.31. The van der Waals surface area contributed by atoms with Gasteiger partial charge in [0.05, 0.1) is 31.2 Å². The average molecular weight is 438 g/mol. The molecule has 0 spiro atoms. The topological polar surface area (TPSA) is 54.9 Å². The van der Waals surface area contributed by atoms with E-state index in [1.807, 2.05) is 30.3 Å². The molecular formula is C24H27N3O3S. The molecule has 1 aliphatic rings. The Balaban J connectivity index is 1.43. The highest BCUT2D eigenvalue weighted by atomic mass is 32.1. The van der Waals surface area contributed by atoms with Crippen molar-refractivity contribution in [2.75, 3.05) is 45.3 Å². The van der Waals surface area contributed by atoms with E-state index in [0.717, 1.165) is 61.3 Å². The van der Waals surface area contributed by atoms with Crippen molar-refractivity contribution in [1.29, 1.82) is 0 Å². The number of benzene rings is 2. The summed E-state index contributed by atoms with van der Waals surface area (Å²) in [4.78, 5) is 21.6. The van der Waals surface area contributed by atoms with Crippen LogP contribution in [0, 0.1) is 0 Å².